The van der Waals surface area contributed by atoms with Gasteiger partial charge in [-0.2, -0.15) is 0 Å². The maximum Gasteiger partial charge on any atom is 0.256 e. The third kappa shape index (κ3) is 3.05. The second kappa shape index (κ2) is 5.81. The molecule has 22 heavy (non-hydrogen) atoms. The highest BCUT2D eigenvalue weighted by molar-refractivity contribution is 7.94. The normalized spacial score (nSPS) is 26.2. The summed E-state index contributed by atoms with van der Waals surface area (Å²) in [7, 11) is -3.30. The molecule has 0 spiro atoms. The van der Waals surface area contributed by atoms with E-state index in [0.29, 0.717) is 18.7 Å². The van der Waals surface area contributed by atoms with Crippen LogP contribution in [0.25, 0.3) is 0 Å². The molecule has 2 heterocycles. The van der Waals surface area contributed by atoms with Crippen LogP contribution < -0.4 is 4.90 Å². The summed E-state index contributed by atoms with van der Waals surface area (Å²) in [5.41, 5.74) is 0.466. The van der Waals surface area contributed by atoms with Crippen LogP contribution in [0.1, 0.15) is 12.8 Å². The molecule has 2 aliphatic heterocycles. The van der Waals surface area contributed by atoms with E-state index < -0.39 is 27.8 Å². The number of benzene rings is 1. The first-order chi connectivity index (χ1) is 10.5. The van der Waals surface area contributed by atoms with Crippen molar-refractivity contribution >= 4 is 21.4 Å². The van der Waals surface area contributed by atoms with Crippen molar-refractivity contribution in [3.8, 4) is 0 Å². The molecule has 0 unspecified atom stereocenters. The highest BCUT2D eigenvalue weighted by Crippen LogP contribution is 2.26. The van der Waals surface area contributed by atoms with Crippen molar-refractivity contribution in [2.24, 2.45) is 0 Å². The monoisotopic (exact) mass is 325 g/mol. The molecule has 5 nitrogen and oxygen atoms in total. The zero-order valence-electron chi connectivity index (χ0n) is 11.8. The van der Waals surface area contributed by atoms with Gasteiger partial charge in [0.05, 0.1) is 11.8 Å². The molecule has 1 saturated heterocycles. The minimum Gasteiger partial charge on any atom is -0.368 e. The van der Waals surface area contributed by atoms with E-state index in [1.54, 1.807) is 0 Å². The van der Waals surface area contributed by atoms with Crippen LogP contribution in [0.5, 0.6) is 0 Å². The van der Waals surface area contributed by atoms with Crippen molar-refractivity contribution in [2.45, 2.75) is 25.0 Å². The van der Waals surface area contributed by atoms with Crippen molar-refractivity contribution < 1.29 is 22.3 Å². The molecule has 2 atom stereocenters. The van der Waals surface area contributed by atoms with Gasteiger partial charge in [-0.25, -0.2) is 12.8 Å². The van der Waals surface area contributed by atoms with E-state index in [2.05, 4.69) is 0 Å². The van der Waals surface area contributed by atoms with Gasteiger partial charge in [0.1, 0.15) is 11.9 Å². The summed E-state index contributed by atoms with van der Waals surface area (Å²) in [5, 5.41) is 1.12. The summed E-state index contributed by atoms with van der Waals surface area (Å²) in [4.78, 5) is 14.1. The summed E-state index contributed by atoms with van der Waals surface area (Å²) in [6.07, 6.45) is 2.33. The zero-order chi connectivity index (χ0) is 15.7. The number of carbonyl (C=O) groups is 1. The first kappa shape index (κ1) is 15.2. The van der Waals surface area contributed by atoms with Crippen molar-refractivity contribution in [1.29, 1.82) is 0 Å². The number of hydrogen-bond acceptors (Lipinski definition) is 4. The predicted molar refractivity (Wildman–Crippen MR) is 79.6 cm³/mol. The molecule has 118 valence electrons. The van der Waals surface area contributed by atoms with E-state index in [4.69, 9.17) is 4.74 Å². The fourth-order valence-electron chi connectivity index (χ4n) is 2.73. The van der Waals surface area contributed by atoms with Crippen LogP contribution in [0.2, 0.25) is 0 Å². The van der Waals surface area contributed by atoms with Crippen molar-refractivity contribution in [2.75, 3.05) is 17.3 Å². The van der Waals surface area contributed by atoms with Crippen molar-refractivity contribution in [1.82, 2.24) is 0 Å². The summed E-state index contributed by atoms with van der Waals surface area (Å²) in [6.45, 7) is 0.520. The predicted octanol–water partition coefficient (Wildman–Crippen LogP) is 1.65. The Morgan fingerprint density at radius 1 is 1.27 bits per heavy atom. The lowest BCUT2D eigenvalue weighted by Gasteiger charge is -2.29. The van der Waals surface area contributed by atoms with Gasteiger partial charge in [0.15, 0.2) is 9.84 Å². The molecule has 0 N–H and O–H groups in total. The summed E-state index contributed by atoms with van der Waals surface area (Å²) in [5.74, 6) is -0.859. The van der Waals surface area contributed by atoms with Gasteiger partial charge < -0.3 is 9.64 Å². The minimum absolute atomic E-state index is 0.164. The molecule has 1 aromatic carbocycles. The maximum absolute atomic E-state index is 13.1. The second-order valence-corrected chi connectivity index (χ2v) is 7.34. The molecule has 0 saturated carbocycles. The lowest BCUT2D eigenvalue weighted by Crippen LogP contribution is -2.46. The molecule has 7 heteroatoms. The van der Waals surface area contributed by atoms with Gasteiger partial charge >= 0.3 is 0 Å². The lowest BCUT2D eigenvalue weighted by molar-refractivity contribution is -0.127. The number of ether oxygens (including phenoxy) is 1. The van der Waals surface area contributed by atoms with Crippen molar-refractivity contribution in [3.05, 3.63) is 41.6 Å². The van der Waals surface area contributed by atoms with Crippen LogP contribution in [0.4, 0.5) is 10.1 Å². The number of halogens is 1. The Morgan fingerprint density at radius 2 is 2.00 bits per heavy atom. The Kier molecular flexibility index (Phi) is 4.01. The van der Waals surface area contributed by atoms with E-state index >= 15 is 0 Å². The maximum atomic E-state index is 13.1. The fourth-order valence-corrected chi connectivity index (χ4v) is 4.00. The van der Waals surface area contributed by atoms with E-state index in [-0.39, 0.29) is 11.7 Å². The highest BCUT2D eigenvalue weighted by Gasteiger charge is 2.36. The molecule has 1 amide bonds. The molecule has 3 rings (SSSR count). The van der Waals surface area contributed by atoms with Crippen LogP contribution in [0, 0.1) is 5.82 Å². The standard InChI is InChI=1S/C15H16FNO4S/c16-11-3-5-12(6-4-11)17(13-7-9-22(19,20)10-13)15(18)14-2-1-8-21-14/h3-7,9,13-14H,1-2,8,10H2/t13-,14-/m1/s1. The number of hydrogen-bond donors (Lipinski definition) is 0. The van der Waals surface area contributed by atoms with E-state index in [1.807, 2.05) is 0 Å². The van der Waals surface area contributed by atoms with Gasteiger partial charge in [0.2, 0.25) is 0 Å². The molecule has 1 aromatic rings. The number of rotatable bonds is 3. The SMILES string of the molecule is O=C([C@H]1CCCO1)N(c1ccc(F)cc1)[C@@H]1C=CS(=O)(=O)C1. The second-order valence-electron chi connectivity index (χ2n) is 5.41. The smallest absolute Gasteiger partial charge is 0.256 e. The van der Waals surface area contributed by atoms with Gasteiger partial charge in [-0.05, 0) is 43.2 Å². The van der Waals surface area contributed by atoms with E-state index in [0.717, 1.165) is 11.8 Å². The summed E-state index contributed by atoms with van der Waals surface area (Å²) < 4.78 is 41.8. The molecule has 2 aliphatic rings. The Labute approximate surface area is 128 Å². The van der Waals surface area contributed by atoms with Crippen LogP contribution in [0.3, 0.4) is 0 Å². The number of carbonyl (C=O) groups excluding carboxylic acids is 1. The third-order valence-electron chi connectivity index (χ3n) is 3.79. The van der Waals surface area contributed by atoms with E-state index in [9.17, 15) is 17.6 Å². The van der Waals surface area contributed by atoms with Gasteiger partial charge in [-0.1, -0.05) is 0 Å². The average Bonchev–Trinajstić information content (AvgIpc) is 3.11. The molecule has 0 aliphatic carbocycles. The molecule has 1 fully saturated rings. The first-order valence-corrected chi connectivity index (χ1v) is 8.79. The van der Waals surface area contributed by atoms with Gasteiger partial charge in [-0.3, -0.25) is 4.79 Å². The lowest BCUT2D eigenvalue weighted by atomic mass is 10.1. The molecular weight excluding hydrogens is 309 g/mol. The Balaban J connectivity index is 1.93. The molecule has 0 radical (unpaired) electrons. The van der Waals surface area contributed by atoms with Crippen LogP contribution in [0.15, 0.2) is 35.7 Å². The van der Waals surface area contributed by atoms with Crippen LogP contribution in [-0.2, 0) is 19.4 Å². The number of anilines is 1. The van der Waals surface area contributed by atoms with Gasteiger partial charge in [-0.15, -0.1) is 0 Å². The van der Waals surface area contributed by atoms with Crippen LogP contribution >= 0.6 is 0 Å². The Bertz CT molecular complexity index is 693. The fraction of sp³-hybridized carbons (Fsp3) is 0.400. The number of sulfone groups is 1. The quantitative estimate of drug-likeness (QED) is 0.848. The van der Waals surface area contributed by atoms with Gasteiger partial charge in [0.25, 0.3) is 5.91 Å². The number of nitrogens with zero attached hydrogens (tertiary/aromatic N) is 1. The van der Waals surface area contributed by atoms with Crippen molar-refractivity contribution in [3.63, 3.8) is 0 Å². The summed E-state index contributed by atoms with van der Waals surface area (Å²) in [6, 6.07) is 4.85. The molecular formula is C15H16FNO4S. The molecule has 0 aromatic heterocycles. The number of amides is 1. The molecule has 0 bridgehead atoms. The Morgan fingerprint density at radius 3 is 2.55 bits per heavy atom. The van der Waals surface area contributed by atoms with E-state index in [1.165, 1.54) is 35.2 Å². The third-order valence-corrected chi connectivity index (χ3v) is 5.17. The Hall–Kier alpha value is -1.73. The summed E-state index contributed by atoms with van der Waals surface area (Å²) >= 11 is 0. The highest BCUT2D eigenvalue weighted by atomic mass is 32.2. The minimum atomic E-state index is -3.30. The first-order valence-electron chi connectivity index (χ1n) is 7.07. The largest absolute Gasteiger partial charge is 0.368 e. The van der Waals surface area contributed by atoms with Gasteiger partial charge in [0, 0.05) is 17.7 Å². The van der Waals surface area contributed by atoms with Crippen LogP contribution in [-0.4, -0.2) is 38.8 Å². The average molecular weight is 325 g/mol. The zero-order valence-corrected chi connectivity index (χ0v) is 12.6. The topological polar surface area (TPSA) is 63.7 Å².